The number of aryl methyl sites for hydroxylation is 1. The average molecular weight is 402 g/mol. The number of hydrogen-bond acceptors (Lipinski definition) is 6. The molecule has 4 aromatic rings. The molecule has 0 amide bonds. The minimum Gasteiger partial charge on any atom is -0.497 e. The standard InChI is InChI=1S/C23H22N4O3/c1-14-8-22(25-13-21(28)15-9-16(29-2)11-17(10-15)30-3)27-20-7-5-4-6-19(20)26-23(27)18(14)12-24/h4-11,21,25,28H,13H2,1-3H3. The van der Waals surface area contributed by atoms with E-state index in [0.717, 1.165) is 22.4 Å². The lowest BCUT2D eigenvalue weighted by Crippen LogP contribution is -2.15. The van der Waals surface area contributed by atoms with E-state index in [1.54, 1.807) is 32.4 Å². The number of nitrogens with one attached hydrogen (secondary N) is 1. The van der Waals surface area contributed by atoms with Crippen LogP contribution < -0.4 is 14.8 Å². The quantitative estimate of drug-likeness (QED) is 0.509. The molecule has 0 aliphatic rings. The smallest absolute Gasteiger partial charge is 0.157 e. The number of fused-ring (bicyclic) bond motifs is 3. The Hall–Kier alpha value is -3.76. The van der Waals surface area contributed by atoms with Gasteiger partial charge in [-0.2, -0.15) is 5.26 Å². The molecule has 2 N–H and O–H groups in total. The van der Waals surface area contributed by atoms with E-state index in [9.17, 15) is 10.4 Å². The number of rotatable bonds is 6. The predicted molar refractivity (Wildman–Crippen MR) is 115 cm³/mol. The highest BCUT2D eigenvalue weighted by atomic mass is 16.5. The average Bonchev–Trinajstić information content (AvgIpc) is 3.16. The molecule has 30 heavy (non-hydrogen) atoms. The summed E-state index contributed by atoms with van der Waals surface area (Å²) in [5.74, 6) is 1.98. The number of para-hydroxylation sites is 2. The van der Waals surface area contributed by atoms with Gasteiger partial charge >= 0.3 is 0 Å². The van der Waals surface area contributed by atoms with Gasteiger partial charge in [-0.25, -0.2) is 4.98 Å². The van der Waals surface area contributed by atoms with Gasteiger partial charge in [0, 0.05) is 12.6 Å². The molecule has 7 heteroatoms. The van der Waals surface area contributed by atoms with Crippen LogP contribution in [0, 0.1) is 18.3 Å². The Kier molecular flexibility index (Phi) is 5.17. The van der Waals surface area contributed by atoms with Gasteiger partial charge in [0.15, 0.2) is 5.65 Å². The van der Waals surface area contributed by atoms with Gasteiger partial charge in [0.1, 0.15) is 23.4 Å². The molecule has 2 aromatic heterocycles. The highest BCUT2D eigenvalue weighted by Gasteiger charge is 2.17. The Labute approximate surface area is 174 Å². The molecule has 0 radical (unpaired) electrons. The first kappa shape index (κ1) is 19.6. The summed E-state index contributed by atoms with van der Waals surface area (Å²) < 4.78 is 12.5. The Morgan fingerprint density at radius 2 is 1.83 bits per heavy atom. The zero-order chi connectivity index (χ0) is 21.3. The van der Waals surface area contributed by atoms with Crippen molar-refractivity contribution in [2.24, 2.45) is 0 Å². The fraction of sp³-hybridized carbons (Fsp3) is 0.217. The summed E-state index contributed by atoms with van der Waals surface area (Å²) in [5, 5.41) is 23.7. The van der Waals surface area contributed by atoms with Crippen LogP contribution in [0.25, 0.3) is 16.7 Å². The lowest BCUT2D eigenvalue weighted by Gasteiger charge is -2.17. The van der Waals surface area contributed by atoms with E-state index in [1.807, 2.05) is 41.7 Å². The molecule has 2 heterocycles. The van der Waals surface area contributed by atoms with E-state index in [1.165, 1.54) is 0 Å². The monoisotopic (exact) mass is 402 g/mol. The first-order chi connectivity index (χ1) is 14.5. The van der Waals surface area contributed by atoms with Crippen LogP contribution in [-0.4, -0.2) is 35.3 Å². The number of aliphatic hydroxyl groups is 1. The van der Waals surface area contributed by atoms with Crippen LogP contribution in [0.3, 0.4) is 0 Å². The number of methoxy groups -OCH3 is 2. The van der Waals surface area contributed by atoms with Crippen molar-refractivity contribution in [3.63, 3.8) is 0 Å². The first-order valence-electron chi connectivity index (χ1n) is 9.51. The number of ether oxygens (including phenoxy) is 2. The van der Waals surface area contributed by atoms with E-state index < -0.39 is 6.10 Å². The number of aromatic nitrogens is 2. The molecule has 7 nitrogen and oxygen atoms in total. The van der Waals surface area contributed by atoms with Gasteiger partial charge in [-0.1, -0.05) is 12.1 Å². The minimum atomic E-state index is -0.796. The molecule has 0 saturated heterocycles. The largest absolute Gasteiger partial charge is 0.497 e. The Bertz CT molecular complexity index is 1250. The van der Waals surface area contributed by atoms with E-state index in [-0.39, 0.29) is 6.54 Å². The number of hydrogen-bond donors (Lipinski definition) is 2. The number of benzene rings is 2. The Balaban J connectivity index is 1.72. The number of anilines is 1. The Morgan fingerprint density at radius 3 is 2.50 bits per heavy atom. The van der Waals surface area contributed by atoms with E-state index in [4.69, 9.17) is 9.47 Å². The third-order valence-corrected chi connectivity index (χ3v) is 5.12. The summed E-state index contributed by atoms with van der Waals surface area (Å²) in [7, 11) is 3.15. The van der Waals surface area contributed by atoms with Crippen LogP contribution in [0.1, 0.15) is 22.8 Å². The van der Waals surface area contributed by atoms with Crippen molar-refractivity contribution in [2.75, 3.05) is 26.1 Å². The first-order valence-corrected chi connectivity index (χ1v) is 9.51. The van der Waals surface area contributed by atoms with Gasteiger partial charge in [-0.05, 0) is 48.4 Å². The molecule has 1 unspecified atom stereocenters. The summed E-state index contributed by atoms with van der Waals surface area (Å²) in [6, 6.07) is 17.2. The molecule has 152 valence electrons. The van der Waals surface area contributed by atoms with Crippen molar-refractivity contribution < 1.29 is 14.6 Å². The Morgan fingerprint density at radius 1 is 1.13 bits per heavy atom. The molecule has 0 aliphatic heterocycles. The van der Waals surface area contributed by atoms with Crippen LogP contribution in [0.2, 0.25) is 0 Å². The number of nitrogens with zero attached hydrogens (tertiary/aromatic N) is 3. The van der Waals surface area contributed by atoms with Crippen molar-refractivity contribution in [3.8, 4) is 17.6 Å². The third-order valence-electron chi connectivity index (χ3n) is 5.12. The molecule has 2 aromatic carbocycles. The number of pyridine rings is 1. The minimum absolute atomic E-state index is 0.253. The van der Waals surface area contributed by atoms with Crippen LogP contribution >= 0.6 is 0 Å². The zero-order valence-corrected chi connectivity index (χ0v) is 17.0. The van der Waals surface area contributed by atoms with E-state index in [0.29, 0.717) is 28.3 Å². The maximum absolute atomic E-state index is 10.8. The van der Waals surface area contributed by atoms with Crippen molar-refractivity contribution in [2.45, 2.75) is 13.0 Å². The number of aliphatic hydroxyl groups excluding tert-OH is 1. The van der Waals surface area contributed by atoms with E-state index >= 15 is 0 Å². The molecule has 1 atom stereocenters. The molecule has 0 spiro atoms. The lowest BCUT2D eigenvalue weighted by molar-refractivity contribution is 0.190. The van der Waals surface area contributed by atoms with Gasteiger partial charge in [-0.15, -0.1) is 0 Å². The fourth-order valence-corrected chi connectivity index (χ4v) is 3.56. The number of nitriles is 1. The maximum atomic E-state index is 10.8. The third kappa shape index (κ3) is 3.38. The molecular weight excluding hydrogens is 380 g/mol. The summed E-state index contributed by atoms with van der Waals surface area (Å²) >= 11 is 0. The second kappa shape index (κ2) is 7.93. The second-order valence-corrected chi connectivity index (χ2v) is 7.00. The summed E-state index contributed by atoms with van der Waals surface area (Å²) in [6.07, 6.45) is -0.796. The molecule has 0 aliphatic carbocycles. The van der Waals surface area contributed by atoms with Gasteiger partial charge in [0.2, 0.25) is 0 Å². The summed E-state index contributed by atoms with van der Waals surface area (Å²) in [6.45, 7) is 2.13. The van der Waals surface area contributed by atoms with Crippen molar-refractivity contribution in [3.05, 3.63) is 65.2 Å². The SMILES string of the molecule is COc1cc(OC)cc(C(O)CNc2cc(C)c(C#N)c3nc4ccccc4n23)c1. The van der Waals surface area contributed by atoms with E-state index in [2.05, 4.69) is 16.4 Å². The molecule has 4 rings (SSSR count). The summed E-state index contributed by atoms with van der Waals surface area (Å²) in [4.78, 5) is 4.64. The van der Waals surface area contributed by atoms with Gasteiger partial charge < -0.3 is 19.9 Å². The zero-order valence-electron chi connectivity index (χ0n) is 17.0. The molecule has 0 fully saturated rings. The van der Waals surface area contributed by atoms with Gasteiger partial charge in [0.25, 0.3) is 0 Å². The van der Waals surface area contributed by atoms with Crippen LogP contribution in [0.5, 0.6) is 11.5 Å². The summed E-state index contributed by atoms with van der Waals surface area (Å²) in [5.41, 5.74) is 4.33. The topological polar surface area (TPSA) is 91.8 Å². The molecular formula is C23H22N4O3. The van der Waals surface area contributed by atoms with Crippen LogP contribution in [0.15, 0.2) is 48.5 Å². The van der Waals surface area contributed by atoms with Crippen molar-refractivity contribution in [1.82, 2.24) is 9.38 Å². The second-order valence-electron chi connectivity index (χ2n) is 7.00. The van der Waals surface area contributed by atoms with Gasteiger partial charge in [0.05, 0.1) is 36.9 Å². The maximum Gasteiger partial charge on any atom is 0.157 e. The molecule has 0 bridgehead atoms. The van der Waals surface area contributed by atoms with Crippen molar-refractivity contribution >= 4 is 22.5 Å². The van der Waals surface area contributed by atoms with Gasteiger partial charge in [-0.3, -0.25) is 4.40 Å². The molecule has 0 saturated carbocycles. The van der Waals surface area contributed by atoms with Crippen molar-refractivity contribution in [1.29, 1.82) is 5.26 Å². The van der Waals surface area contributed by atoms with Crippen LogP contribution in [0.4, 0.5) is 5.82 Å². The fourth-order valence-electron chi connectivity index (χ4n) is 3.56. The number of imidazole rings is 1. The normalized spacial score (nSPS) is 12.0. The lowest BCUT2D eigenvalue weighted by atomic mass is 10.1. The predicted octanol–water partition coefficient (Wildman–Crippen LogP) is 3.83. The highest BCUT2D eigenvalue weighted by Crippen LogP contribution is 2.29. The van der Waals surface area contributed by atoms with Crippen LogP contribution in [-0.2, 0) is 0 Å². The highest BCUT2D eigenvalue weighted by molar-refractivity contribution is 5.85.